The molecule has 0 bridgehead atoms. The van der Waals surface area contributed by atoms with E-state index in [1.807, 2.05) is 26.0 Å². The van der Waals surface area contributed by atoms with E-state index in [-0.39, 0.29) is 5.43 Å². The molecule has 0 spiro atoms. The lowest BCUT2D eigenvalue weighted by molar-refractivity contribution is 0.617. The number of hydrogen-bond acceptors (Lipinski definition) is 2. The van der Waals surface area contributed by atoms with E-state index in [4.69, 9.17) is 4.42 Å². The minimum Gasteiger partial charge on any atom is -0.456 e. The molecule has 0 radical (unpaired) electrons. The fourth-order valence-electron chi connectivity index (χ4n) is 3.66. The molecule has 0 saturated heterocycles. The number of fused-ring (bicyclic) bond motifs is 1. The molecule has 0 unspecified atom stereocenters. The van der Waals surface area contributed by atoms with Gasteiger partial charge in [-0.25, -0.2) is 0 Å². The standard InChI is InChI=1S/C22H24O2/c1-11-8-12(2)21-18(23)10-20(24-19(21)9-11)22-16(6)14(4)13(3)15(5)17(22)7/h8-10H,1-7H3. The second kappa shape index (κ2) is 5.62. The Morgan fingerprint density at radius 3 is 1.83 bits per heavy atom. The lowest BCUT2D eigenvalue weighted by Gasteiger charge is -2.18. The van der Waals surface area contributed by atoms with Crippen LogP contribution >= 0.6 is 0 Å². The van der Waals surface area contributed by atoms with Gasteiger partial charge in [0.15, 0.2) is 5.43 Å². The predicted octanol–water partition coefficient (Wildman–Crippen LogP) is 5.62. The summed E-state index contributed by atoms with van der Waals surface area (Å²) in [4.78, 5) is 12.7. The molecule has 0 fully saturated rings. The van der Waals surface area contributed by atoms with E-state index in [2.05, 4.69) is 34.6 Å². The van der Waals surface area contributed by atoms with Crippen molar-refractivity contribution >= 4 is 11.0 Å². The van der Waals surface area contributed by atoms with Crippen molar-refractivity contribution in [3.8, 4) is 11.3 Å². The Kier molecular flexibility index (Phi) is 3.87. The third-order valence-electron chi connectivity index (χ3n) is 5.42. The zero-order chi connectivity index (χ0) is 17.8. The van der Waals surface area contributed by atoms with Crippen LogP contribution in [0.15, 0.2) is 27.4 Å². The highest BCUT2D eigenvalue weighted by Crippen LogP contribution is 2.34. The molecule has 3 aromatic rings. The van der Waals surface area contributed by atoms with Gasteiger partial charge in [-0.05, 0) is 93.5 Å². The van der Waals surface area contributed by atoms with Crippen molar-refractivity contribution in [1.82, 2.24) is 0 Å². The molecule has 24 heavy (non-hydrogen) atoms. The van der Waals surface area contributed by atoms with Gasteiger partial charge in [-0.1, -0.05) is 6.07 Å². The van der Waals surface area contributed by atoms with Gasteiger partial charge in [0.2, 0.25) is 0 Å². The van der Waals surface area contributed by atoms with Crippen LogP contribution in [0.4, 0.5) is 0 Å². The number of benzene rings is 2. The summed E-state index contributed by atoms with van der Waals surface area (Å²) in [5.41, 5.74) is 10.0. The zero-order valence-electron chi connectivity index (χ0n) is 15.5. The van der Waals surface area contributed by atoms with Crippen molar-refractivity contribution in [2.75, 3.05) is 0 Å². The third-order valence-corrected chi connectivity index (χ3v) is 5.42. The fraction of sp³-hybridized carbons (Fsp3) is 0.318. The maximum absolute atomic E-state index is 12.7. The lowest BCUT2D eigenvalue weighted by Crippen LogP contribution is -2.05. The first-order valence-corrected chi connectivity index (χ1v) is 8.34. The summed E-state index contributed by atoms with van der Waals surface area (Å²) in [6, 6.07) is 5.62. The van der Waals surface area contributed by atoms with Crippen molar-refractivity contribution < 1.29 is 4.42 Å². The van der Waals surface area contributed by atoms with E-state index in [1.165, 1.54) is 27.8 Å². The molecule has 0 aliphatic heterocycles. The van der Waals surface area contributed by atoms with Crippen molar-refractivity contribution in [2.24, 2.45) is 0 Å². The van der Waals surface area contributed by atoms with E-state index < -0.39 is 0 Å². The molecule has 0 atom stereocenters. The second-order valence-electron chi connectivity index (χ2n) is 6.93. The summed E-state index contributed by atoms with van der Waals surface area (Å²) < 4.78 is 6.20. The van der Waals surface area contributed by atoms with Crippen LogP contribution in [0.2, 0.25) is 0 Å². The summed E-state index contributed by atoms with van der Waals surface area (Å²) in [5.74, 6) is 0.665. The van der Waals surface area contributed by atoms with Crippen molar-refractivity contribution in [1.29, 1.82) is 0 Å². The first-order chi connectivity index (χ1) is 11.2. The molecule has 0 saturated carbocycles. The smallest absolute Gasteiger partial charge is 0.193 e. The summed E-state index contributed by atoms with van der Waals surface area (Å²) in [5, 5.41) is 0.681. The Balaban J connectivity index is 2.43. The van der Waals surface area contributed by atoms with Gasteiger partial charge in [0.25, 0.3) is 0 Å². The van der Waals surface area contributed by atoms with Crippen molar-refractivity contribution in [3.63, 3.8) is 0 Å². The highest BCUT2D eigenvalue weighted by Gasteiger charge is 2.17. The van der Waals surface area contributed by atoms with Crippen LogP contribution in [-0.2, 0) is 0 Å². The van der Waals surface area contributed by atoms with Crippen LogP contribution < -0.4 is 5.43 Å². The highest BCUT2D eigenvalue weighted by atomic mass is 16.3. The lowest BCUT2D eigenvalue weighted by atomic mass is 9.88. The fourth-order valence-corrected chi connectivity index (χ4v) is 3.66. The normalized spacial score (nSPS) is 11.3. The largest absolute Gasteiger partial charge is 0.456 e. The molecule has 2 heteroatoms. The maximum Gasteiger partial charge on any atom is 0.193 e. The van der Waals surface area contributed by atoms with Gasteiger partial charge in [-0.15, -0.1) is 0 Å². The Labute approximate surface area is 143 Å². The van der Waals surface area contributed by atoms with Crippen LogP contribution in [-0.4, -0.2) is 0 Å². The molecule has 3 rings (SSSR count). The van der Waals surface area contributed by atoms with Gasteiger partial charge in [0.1, 0.15) is 11.3 Å². The summed E-state index contributed by atoms with van der Waals surface area (Å²) in [7, 11) is 0. The van der Waals surface area contributed by atoms with Gasteiger partial charge >= 0.3 is 0 Å². The Bertz CT molecular complexity index is 1010. The molecule has 1 aromatic heterocycles. The van der Waals surface area contributed by atoms with Gasteiger partial charge in [-0.3, -0.25) is 4.79 Å². The highest BCUT2D eigenvalue weighted by molar-refractivity contribution is 5.83. The molecular weight excluding hydrogens is 296 g/mol. The number of hydrogen-bond donors (Lipinski definition) is 0. The average molecular weight is 320 g/mol. The first kappa shape index (κ1) is 16.5. The Morgan fingerprint density at radius 1 is 0.708 bits per heavy atom. The second-order valence-corrected chi connectivity index (χ2v) is 6.93. The Morgan fingerprint density at radius 2 is 1.25 bits per heavy atom. The molecule has 124 valence electrons. The van der Waals surface area contributed by atoms with E-state index in [9.17, 15) is 4.79 Å². The summed E-state index contributed by atoms with van der Waals surface area (Å²) in [6.45, 7) is 14.6. The van der Waals surface area contributed by atoms with E-state index >= 15 is 0 Å². The van der Waals surface area contributed by atoms with E-state index in [0.29, 0.717) is 16.7 Å². The van der Waals surface area contributed by atoms with Gasteiger partial charge in [-0.2, -0.15) is 0 Å². The molecule has 0 aliphatic rings. The first-order valence-electron chi connectivity index (χ1n) is 8.34. The van der Waals surface area contributed by atoms with Crippen LogP contribution in [0.1, 0.15) is 38.9 Å². The van der Waals surface area contributed by atoms with Crippen LogP contribution in [0.25, 0.3) is 22.3 Å². The SMILES string of the molecule is Cc1cc(C)c2c(=O)cc(-c3c(C)c(C)c(C)c(C)c3C)oc2c1. The third kappa shape index (κ3) is 2.37. The summed E-state index contributed by atoms with van der Waals surface area (Å²) >= 11 is 0. The van der Waals surface area contributed by atoms with E-state index in [1.54, 1.807) is 6.07 Å². The molecular formula is C22H24O2. The van der Waals surface area contributed by atoms with E-state index in [0.717, 1.165) is 16.7 Å². The molecule has 2 nitrogen and oxygen atoms in total. The van der Waals surface area contributed by atoms with Gasteiger partial charge in [0, 0.05) is 11.6 Å². The summed E-state index contributed by atoms with van der Waals surface area (Å²) in [6.07, 6.45) is 0. The molecule has 1 heterocycles. The van der Waals surface area contributed by atoms with Gasteiger partial charge < -0.3 is 4.42 Å². The monoisotopic (exact) mass is 320 g/mol. The van der Waals surface area contributed by atoms with Crippen LogP contribution in [0.5, 0.6) is 0 Å². The minimum atomic E-state index is 0.0263. The van der Waals surface area contributed by atoms with Crippen LogP contribution in [0, 0.1) is 48.5 Å². The zero-order valence-corrected chi connectivity index (χ0v) is 15.5. The number of rotatable bonds is 1. The molecule has 0 amide bonds. The predicted molar refractivity (Wildman–Crippen MR) is 101 cm³/mol. The Hall–Kier alpha value is -2.35. The topological polar surface area (TPSA) is 30.2 Å². The average Bonchev–Trinajstić information content (AvgIpc) is 2.50. The quantitative estimate of drug-likeness (QED) is 0.582. The minimum absolute atomic E-state index is 0.0263. The maximum atomic E-state index is 12.7. The van der Waals surface area contributed by atoms with Crippen molar-refractivity contribution in [3.05, 3.63) is 67.4 Å². The van der Waals surface area contributed by atoms with Crippen LogP contribution in [0.3, 0.4) is 0 Å². The van der Waals surface area contributed by atoms with Crippen molar-refractivity contribution in [2.45, 2.75) is 48.5 Å². The number of aryl methyl sites for hydroxylation is 2. The molecule has 2 aromatic carbocycles. The van der Waals surface area contributed by atoms with Gasteiger partial charge in [0.05, 0.1) is 5.39 Å². The molecule has 0 N–H and O–H groups in total. The molecule has 0 aliphatic carbocycles.